The molecule has 0 amide bonds. The highest BCUT2D eigenvalue weighted by molar-refractivity contribution is 7.97. The molecule has 3 atom stereocenters. The number of carbonyl (C=O) groups excluding carboxylic acids is 2. The van der Waals surface area contributed by atoms with Crippen molar-refractivity contribution >= 4 is 40.8 Å². The van der Waals surface area contributed by atoms with Crippen LogP contribution in [0.25, 0.3) is 11.2 Å². The van der Waals surface area contributed by atoms with Crippen molar-refractivity contribution in [2.45, 2.75) is 44.1 Å². The minimum atomic E-state index is -0.953. The Balaban J connectivity index is 2.08. The van der Waals surface area contributed by atoms with Gasteiger partial charge in [-0.1, -0.05) is 0 Å². The number of hydrogen-bond acceptors (Lipinski definition) is 10. The molecule has 0 aliphatic carbocycles. The number of nitrogen functional groups attached to an aromatic ring is 1. The summed E-state index contributed by atoms with van der Waals surface area (Å²) in [5.74, 6) is -0.620. The standard InChI is InChI=1S/C16H21N5O6S/c1-8(22)26-11-4-9(5-12(23)25-2)27-14(11)21-13-10(6-18-15(17)19-13)20(7-28-3)16(21)24/h6,9,11,14H,4-5,7H2,1-3H3,(H2,17,18,19)/t9-,11+,14+/m0/s1. The second-order valence-electron chi connectivity index (χ2n) is 6.25. The maximum Gasteiger partial charge on any atom is 0.333 e. The van der Waals surface area contributed by atoms with E-state index in [0.717, 1.165) is 0 Å². The maximum atomic E-state index is 13.1. The summed E-state index contributed by atoms with van der Waals surface area (Å²) in [4.78, 5) is 44.4. The fraction of sp³-hybridized carbons (Fsp3) is 0.562. The lowest BCUT2D eigenvalue weighted by Crippen LogP contribution is -2.33. The third-order valence-electron chi connectivity index (χ3n) is 4.32. The minimum Gasteiger partial charge on any atom is -0.469 e. The fourth-order valence-electron chi connectivity index (χ4n) is 3.22. The Morgan fingerprint density at radius 1 is 1.46 bits per heavy atom. The molecule has 2 aromatic rings. The minimum absolute atomic E-state index is 0.00399. The van der Waals surface area contributed by atoms with Gasteiger partial charge >= 0.3 is 17.6 Å². The van der Waals surface area contributed by atoms with Crippen molar-refractivity contribution in [3.8, 4) is 0 Å². The smallest absolute Gasteiger partial charge is 0.333 e. The van der Waals surface area contributed by atoms with E-state index < -0.39 is 36.1 Å². The third-order valence-corrected chi connectivity index (χ3v) is 4.84. The van der Waals surface area contributed by atoms with E-state index in [1.165, 1.54) is 41.1 Å². The molecule has 0 aromatic carbocycles. The van der Waals surface area contributed by atoms with E-state index in [1.807, 2.05) is 6.26 Å². The number of imidazole rings is 1. The molecule has 2 N–H and O–H groups in total. The lowest BCUT2D eigenvalue weighted by atomic mass is 10.1. The Labute approximate surface area is 164 Å². The molecule has 0 spiro atoms. The molecule has 12 heteroatoms. The van der Waals surface area contributed by atoms with E-state index in [4.69, 9.17) is 15.2 Å². The van der Waals surface area contributed by atoms with E-state index in [1.54, 1.807) is 0 Å². The highest BCUT2D eigenvalue weighted by Gasteiger charge is 2.42. The summed E-state index contributed by atoms with van der Waals surface area (Å²) in [5.41, 5.74) is 6.07. The number of anilines is 1. The number of nitrogens with two attached hydrogens (primary N) is 1. The molecule has 2 aromatic heterocycles. The zero-order valence-corrected chi connectivity index (χ0v) is 16.5. The Kier molecular flexibility index (Phi) is 5.89. The molecule has 1 aliphatic rings. The van der Waals surface area contributed by atoms with Gasteiger partial charge in [0, 0.05) is 13.3 Å². The molecule has 0 saturated carbocycles. The van der Waals surface area contributed by atoms with Gasteiger partial charge < -0.3 is 19.9 Å². The number of aromatic nitrogens is 4. The number of rotatable bonds is 6. The van der Waals surface area contributed by atoms with Crippen LogP contribution in [0.5, 0.6) is 0 Å². The van der Waals surface area contributed by atoms with Gasteiger partial charge in [0.15, 0.2) is 11.9 Å². The van der Waals surface area contributed by atoms with Crippen LogP contribution < -0.4 is 11.4 Å². The summed E-state index contributed by atoms with van der Waals surface area (Å²) < 4.78 is 18.7. The first-order valence-electron chi connectivity index (χ1n) is 8.47. The van der Waals surface area contributed by atoms with Gasteiger partial charge in [0.2, 0.25) is 5.95 Å². The van der Waals surface area contributed by atoms with Gasteiger partial charge in [-0.05, 0) is 6.26 Å². The molecule has 1 saturated heterocycles. The average Bonchev–Trinajstić information content (AvgIpc) is 3.12. The predicted octanol–water partition coefficient (Wildman–Crippen LogP) is 0.278. The third kappa shape index (κ3) is 3.83. The van der Waals surface area contributed by atoms with E-state index in [0.29, 0.717) is 11.4 Å². The van der Waals surface area contributed by atoms with Gasteiger partial charge in [-0.25, -0.2) is 14.3 Å². The van der Waals surface area contributed by atoms with Crippen molar-refractivity contribution in [1.82, 2.24) is 19.1 Å². The molecule has 11 nitrogen and oxygen atoms in total. The first-order chi connectivity index (χ1) is 13.3. The summed E-state index contributed by atoms with van der Waals surface area (Å²) in [6.07, 6.45) is 1.23. The van der Waals surface area contributed by atoms with Gasteiger partial charge in [0.05, 0.1) is 31.7 Å². The molecule has 3 heterocycles. The summed E-state index contributed by atoms with van der Waals surface area (Å²) in [5, 5.41) is 0. The lowest BCUT2D eigenvalue weighted by Gasteiger charge is -2.19. The highest BCUT2D eigenvalue weighted by atomic mass is 32.2. The molecule has 1 fully saturated rings. The highest BCUT2D eigenvalue weighted by Crippen LogP contribution is 2.34. The van der Waals surface area contributed by atoms with Crippen LogP contribution in [0.15, 0.2) is 11.0 Å². The number of methoxy groups -OCH3 is 1. The normalized spacial score (nSPS) is 21.8. The Hall–Kier alpha value is -2.60. The number of carbonyl (C=O) groups is 2. The van der Waals surface area contributed by atoms with Crippen LogP contribution in [-0.2, 0) is 29.7 Å². The Morgan fingerprint density at radius 2 is 2.21 bits per heavy atom. The maximum absolute atomic E-state index is 13.1. The van der Waals surface area contributed by atoms with Crippen molar-refractivity contribution in [3.05, 3.63) is 16.7 Å². The van der Waals surface area contributed by atoms with Crippen LogP contribution in [0, 0.1) is 0 Å². The van der Waals surface area contributed by atoms with E-state index in [9.17, 15) is 14.4 Å². The predicted molar refractivity (Wildman–Crippen MR) is 100 cm³/mol. The van der Waals surface area contributed by atoms with Gasteiger partial charge in [0.1, 0.15) is 11.6 Å². The van der Waals surface area contributed by atoms with Crippen LogP contribution in [0.2, 0.25) is 0 Å². The second kappa shape index (κ2) is 8.19. The van der Waals surface area contributed by atoms with E-state index >= 15 is 0 Å². The lowest BCUT2D eigenvalue weighted by molar-refractivity contribution is -0.153. The number of fused-ring (bicyclic) bond motifs is 1. The molecule has 0 unspecified atom stereocenters. The van der Waals surface area contributed by atoms with Crippen molar-refractivity contribution in [2.24, 2.45) is 0 Å². The molecule has 0 bridgehead atoms. The summed E-state index contributed by atoms with van der Waals surface area (Å²) in [6.45, 7) is 1.27. The average molecular weight is 411 g/mol. The van der Waals surface area contributed by atoms with Gasteiger partial charge in [0.25, 0.3) is 0 Å². The van der Waals surface area contributed by atoms with Crippen LogP contribution in [0.3, 0.4) is 0 Å². The first-order valence-corrected chi connectivity index (χ1v) is 9.86. The molecule has 1 aliphatic heterocycles. The number of thioether (sulfide) groups is 1. The zero-order valence-electron chi connectivity index (χ0n) is 15.7. The van der Waals surface area contributed by atoms with Crippen molar-refractivity contribution in [1.29, 1.82) is 0 Å². The first kappa shape index (κ1) is 20.1. The largest absolute Gasteiger partial charge is 0.469 e. The quantitative estimate of drug-likeness (QED) is 0.659. The molecule has 152 valence electrons. The zero-order chi connectivity index (χ0) is 20.4. The second-order valence-corrected chi connectivity index (χ2v) is 7.08. The van der Waals surface area contributed by atoms with Crippen molar-refractivity contribution < 1.29 is 23.8 Å². The van der Waals surface area contributed by atoms with Crippen LogP contribution in [-0.4, -0.2) is 56.6 Å². The number of esters is 2. The van der Waals surface area contributed by atoms with Crippen LogP contribution >= 0.6 is 11.8 Å². The van der Waals surface area contributed by atoms with Gasteiger partial charge in [-0.3, -0.25) is 14.2 Å². The molecule has 28 heavy (non-hydrogen) atoms. The van der Waals surface area contributed by atoms with Gasteiger partial charge in [-0.2, -0.15) is 4.98 Å². The number of nitrogens with zero attached hydrogens (tertiary/aromatic N) is 4. The van der Waals surface area contributed by atoms with Gasteiger partial charge in [-0.15, -0.1) is 11.8 Å². The monoisotopic (exact) mass is 411 g/mol. The summed E-state index contributed by atoms with van der Waals surface area (Å²) in [6, 6.07) is 0. The molecular formula is C16H21N5O6S. The molecule has 0 radical (unpaired) electrons. The SMILES string of the molecule is COC(=O)C[C@@H]1C[C@@H](OC(C)=O)[C@H](n2c(=O)n(CSC)c3cnc(N)nc32)O1. The summed E-state index contributed by atoms with van der Waals surface area (Å²) in [7, 11) is 1.28. The summed E-state index contributed by atoms with van der Waals surface area (Å²) >= 11 is 1.44. The van der Waals surface area contributed by atoms with E-state index in [-0.39, 0.29) is 24.4 Å². The van der Waals surface area contributed by atoms with Crippen LogP contribution in [0.1, 0.15) is 26.0 Å². The van der Waals surface area contributed by atoms with Crippen LogP contribution in [0.4, 0.5) is 5.95 Å². The number of ether oxygens (including phenoxy) is 3. The topological polar surface area (TPSA) is 141 Å². The van der Waals surface area contributed by atoms with E-state index in [2.05, 4.69) is 14.7 Å². The fourth-order valence-corrected chi connectivity index (χ4v) is 3.73. The van der Waals surface area contributed by atoms with Crippen molar-refractivity contribution in [3.63, 3.8) is 0 Å². The molecule has 3 rings (SSSR count). The Bertz CT molecular complexity index is 957. The number of hydrogen-bond donors (Lipinski definition) is 1. The molecular weight excluding hydrogens is 390 g/mol. The Morgan fingerprint density at radius 3 is 2.86 bits per heavy atom. The van der Waals surface area contributed by atoms with Crippen molar-refractivity contribution in [2.75, 3.05) is 19.1 Å².